The first-order valence-electron chi connectivity index (χ1n) is 7.10. The Labute approximate surface area is 135 Å². The Hall–Kier alpha value is -2.69. The number of ether oxygens (including phenoxy) is 4. The number of hydrogen-bond donors (Lipinski definition) is 0. The minimum absolute atomic E-state index is 0.0905. The molecule has 23 heavy (non-hydrogen) atoms. The predicted octanol–water partition coefficient (Wildman–Crippen LogP) is 3.15. The largest absolute Gasteiger partial charge is 0.493 e. The minimum atomic E-state index is -0.0905. The third-order valence-electron chi connectivity index (χ3n) is 3.54. The zero-order valence-electron chi connectivity index (χ0n) is 13.7. The second-order valence-corrected chi connectivity index (χ2v) is 4.79. The molecule has 0 aromatic heterocycles. The monoisotopic (exact) mass is 316 g/mol. The number of ketones is 1. The van der Waals surface area contributed by atoms with Gasteiger partial charge in [-0.1, -0.05) is 18.2 Å². The second kappa shape index (κ2) is 7.54. The summed E-state index contributed by atoms with van der Waals surface area (Å²) in [7, 11) is 6.17. The van der Waals surface area contributed by atoms with Gasteiger partial charge in [0.1, 0.15) is 0 Å². The summed E-state index contributed by atoms with van der Waals surface area (Å²) in [6.07, 6.45) is 0.171. The van der Waals surface area contributed by atoms with Gasteiger partial charge in [0.05, 0.1) is 34.0 Å². The Bertz CT molecular complexity index is 694. The molecule has 0 aliphatic heterocycles. The van der Waals surface area contributed by atoms with Gasteiger partial charge in [0.25, 0.3) is 0 Å². The topological polar surface area (TPSA) is 54.0 Å². The fourth-order valence-electron chi connectivity index (χ4n) is 2.47. The Balaban J connectivity index is 2.37. The lowest BCUT2D eigenvalue weighted by molar-refractivity contribution is 0.0988. The van der Waals surface area contributed by atoms with Crippen LogP contribution in [0.2, 0.25) is 0 Å². The summed E-state index contributed by atoms with van der Waals surface area (Å²) in [5.41, 5.74) is 1.22. The Kier molecular flexibility index (Phi) is 5.46. The van der Waals surface area contributed by atoms with Crippen molar-refractivity contribution < 1.29 is 23.7 Å². The Morgan fingerprint density at radius 1 is 0.783 bits per heavy atom. The van der Waals surface area contributed by atoms with E-state index < -0.39 is 0 Å². The quantitative estimate of drug-likeness (QED) is 0.735. The summed E-state index contributed by atoms with van der Waals surface area (Å²) in [6.45, 7) is 0. The molecular formula is C18H20O5. The summed E-state index contributed by atoms with van der Waals surface area (Å²) in [5, 5.41) is 0. The van der Waals surface area contributed by atoms with E-state index in [-0.39, 0.29) is 12.2 Å². The molecule has 0 atom stereocenters. The van der Waals surface area contributed by atoms with Crippen molar-refractivity contribution in [1.29, 1.82) is 0 Å². The minimum Gasteiger partial charge on any atom is -0.493 e. The van der Waals surface area contributed by atoms with E-state index in [1.165, 1.54) is 14.2 Å². The van der Waals surface area contributed by atoms with Crippen LogP contribution in [0, 0.1) is 0 Å². The highest BCUT2D eigenvalue weighted by Gasteiger charge is 2.19. The normalized spacial score (nSPS) is 10.1. The van der Waals surface area contributed by atoms with Crippen LogP contribution in [0.15, 0.2) is 36.4 Å². The lowest BCUT2D eigenvalue weighted by Crippen LogP contribution is -2.08. The summed E-state index contributed by atoms with van der Waals surface area (Å²) >= 11 is 0. The van der Waals surface area contributed by atoms with Crippen molar-refractivity contribution in [3.8, 4) is 23.0 Å². The number of carbonyl (C=O) groups is 1. The van der Waals surface area contributed by atoms with Gasteiger partial charge in [0.2, 0.25) is 0 Å². The smallest absolute Gasteiger partial charge is 0.171 e. The van der Waals surface area contributed by atoms with Crippen molar-refractivity contribution in [3.05, 3.63) is 47.5 Å². The van der Waals surface area contributed by atoms with Gasteiger partial charge in [-0.3, -0.25) is 4.79 Å². The molecule has 0 N–H and O–H groups in total. The van der Waals surface area contributed by atoms with E-state index in [0.717, 1.165) is 5.56 Å². The molecule has 0 aliphatic rings. The van der Waals surface area contributed by atoms with Crippen LogP contribution >= 0.6 is 0 Å². The molecule has 2 aromatic rings. The highest BCUT2D eigenvalue weighted by atomic mass is 16.5. The van der Waals surface area contributed by atoms with E-state index in [1.807, 2.05) is 12.1 Å². The molecule has 0 spiro atoms. The van der Waals surface area contributed by atoms with Crippen molar-refractivity contribution >= 4 is 5.78 Å². The summed E-state index contributed by atoms with van der Waals surface area (Å²) in [5.74, 6) is 2.02. The van der Waals surface area contributed by atoms with Crippen molar-refractivity contribution in [2.45, 2.75) is 6.42 Å². The molecule has 0 aliphatic carbocycles. The zero-order chi connectivity index (χ0) is 16.8. The number of rotatable bonds is 7. The molecule has 5 heteroatoms. The van der Waals surface area contributed by atoms with E-state index in [0.29, 0.717) is 28.6 Å². The standard InChI is InChI=1S/C18H20O5/c1-20-15-9-5-7-12(17(15)22-3)11-14(19)13-8-6-10-16(21-2)18(13)23-4/h5-10H,11H2,1-4H3. The number of methoxy groups -OCH3 is 4. The average molecular weight is 316 g/mol. The van der Waals surface area contributed by atoms with Gasteiger partial charge in [0, 0.05) is 12.0 Å². The Morgan fingerprint density at radius 3 is 1.91 bits per heavy atom. The molecule has 0 radical (unpaired) electrons. The Morgan fingerprint density at radius 2 is 1.35 bits per heavy atom. The maximum atomic E-state index is 12.7. The first-order valence-corrected chi connectivity index (χ1v) is 7.10. The molecule has 2 rings (SSSR count). The molecule has 0 saturated carbocycles. The molecule has 5 nitrogen and oxygen atoms in total. The molecule has 0 heterocycles. The van der Waals surface area contributed by atoms with Crippen LogP contribution in [0.3, 0.4) is 0 Å². The van der Waals surface area contributed by atoms with Gasteiger partial charge in [-0.25, -0.2) is 0 Å². The highest BCUT2D eigenvalue weighted by Crippen LogP contribution is 2.34. The van der Waals surface area contributed by atoms with Crippen LogP contribution in [0.5, 0.6) is 23.0 Å². The van der Waals surface area contributed by atoms with E-state index in [4.69, 9.17) is 18.9 Å². The fourth-order valence-corrected chi connectivity index (χ4v) is 2.47. The second-order valence-electron chi connectivity index (χ2n) is 4.79. The van der Waals surface area contributed by atoms with Crippen molar-refractivity contribution in [1.82, 2.24) is 0 Å². The predicted molar refractivity (Wildman–Crippen MR) is 87.1 cm³/mol. The summed E-state index contributed by atoms with van der Waals surface area (Å²) in [4.78, 5) is 12.7. The van der Waals surface area contributed by atoms with E-state index in [9.17, 15) is 4.79 Å². The maximum absolute atomic E-state index is 12.7. The number of para-hydroxylation sites is 2. The molecule has 0 saturated heterocycles. The van der Waals surface area contributed by atoms with Gasteiger partial charge in [0.15, 0.2) is 28.8 Å². The third-order valence-corrected chi connectivity index (χ3v) is 3.54. The van der Waals surface area contributed by atoms with Crippen molar-refractivity contribution in [2.24, 2.45) is 0 Å². The molecular weight excluding hydrogens is 296 g/mol. The van der Waals surface area contributed by atoms with Gasteiger partial charge in [-0.05, 0) is 18.2 Å². The first-order chi connectivity index (χ1) is 11.2. The SMILES string of the molecule is COc1cccc(CC(=O)c2cccc(OC)c2OC)c1OC. The first kappa shape index (κ1) is 16.7. The lowest BCUT2D eigenvalue weighted by Gasteiger charge is -2.14. The molecule has 122 valence electrons. The fraction of sp³-hybridized carbons (Fsp3) is 0.278. The van der Waals surface area contributed by atoms with Gasteiger partial charge in [-0.2, -0.15) is 0 Å². The third kappa shape index (κ3) is 3.39. The number of carbonyl (C=O) groups excluding carboxylic acids is 1. The highest BCUT2D eigenvalue weighted by molar-refractivity contribution is 6.01. The van der Waals surface area contributed by atoms with Crippen LogP contribution in [0.1, 0.15) is 15.9 Å². The van der Waals surface area contributed by atoms with Crippen molar-refractivity contribution in [2.75, 3.05) is 28.4 Å². The van der Waals surface area contributed by atoms with E-state index in [2.05, 4.69) is 0 Å². The molecule has 2 aromatic carbocycles. The van der Waals surface area contributed by atoms with Crippen molar-refractivity contribution in [3.63, 3.8) is 0 Å². The zero-order valence-corrected chi connectivity index (χ0v) is 13.7. The molecule has 0 bridgehead atoms. The average Bonchev–Trinajstić information content (AvgIpc) is 2.60. The van der Waals surface area contributed by atoms with Gasteiger partial charge < -0.3 is 18.9 Å². The summed E-state index contributed by atoms with van der Waals surface area (Å²) in [6, 6.07) is 10.7. The van der Waals surface area contributed by atoms with Crippen LogP contribution in [0.4, 0.5) is 0 Å². The lowest BCUT2D eigenvalue weighted by atomic mass is 10.0. The number of benzene rings is 2. The van der Waals surface area contributed by atoms with Crippen LogP contribution in [0.25, 0.3) is 0 Å². The number of hydrogen-bond acceptors (Lipinski definition) is 5. The van der Waals surface area contributed by atoms with Crippen LogP contribution in [-0.2, 0) is 6.42 Å². The van der Waals surface area contributed by atoms with Crippen LogP contribution in [-0.4, -0.2) is 34.2 Å². The molecule has 0 unspecified atom stereocenters. The van der Waals surface area contributed by atoms with Gasteiger partial charge in [-0.15, -0.1) is 0 Å². The van der Waals surface area contributed by atoms with Gasteiger partial charge >= 0.3 is 0 Å². The maximum Gasteiger partial charge on any atom is 0.171 e. The van der Waals surface area contributed by atoms with E-state index >= 15 is 0 Å². The number of Topliss-reactive ketones (excluding diaryl/α,β-unsaturated/α-hetero) is 1. The summed E-state index contributed by atoms with van der Waals surface area (Å²) < 4.78 is 21.2. The molecule has 0 fully saturated rings. The van der Waals surface area contributed by atoms with Crippen LogP contribution < -0.4 is 18.9 Å². The van der Waals surface area contributed by atoms with E-state index in [1.54, 1.807) is 38.5 Å². The molecule has 0 amide bonds.